The second kappa shape index (κ2) is 4.45. The van der Waals surface area contributed by atoms with Gasteiger partial charge in [-0.1, -0.05) is 44.2 Å². The summed E-state index contributed by atoms with van der Waals surface area (Å²) in [4.78, 5) is 11.9. The van der Waals surface area contributed by atoms with Crippen LogP contribution in [-0.2, 0) is 10.2 Å². The van der Waals surface area contributed by atoms with E-state index in [4.69, 9.17) is 5.26 Å². The first kappa shape index (κ1) is 12.6. The number of nitrogens with zero attached hydrogens (tertiary/aromatic N) is 1. The fraction of sp³-hybridized carbons (Fsp3) is 0.467. The predicted molar refractivity (Wildman–Crippen MR) is 69.8 cm³/mol. The van der Waals surface area contributed by atoms with Crippen molar-refractivity contribution in [3.05, 3.63) is 35.9 Å². The van der Waals surface area contributed by atoms with Gasteiger partial charge < -0.3 is 5.32 Å². The lowest BCUT2D eigenvalue weighted by Crippen LogP contribution is -2.40. The summed E-state index contributed by atoms with van der Waals surface area (Å²) in [5.41, 5.74) is 0.335. The molecular weight excluding hydrogens is 224 g/mol. The quantitative estimate of drug-likeness (QED) is 0.881. The van der Waals surface area contributed by atoms with Crippen molar-refractivity contribution in [1.29, 1.82) is 5.26 Å². The van der Waals surface area contributed by atoms with E-state index in [1.54, 1.807) is 0 Å². The Balaban J connectivity index is 1.98. The molecule has 0 spiro atoms. The summed E-state index contributed by atoms with van der Waals surface area (Å²) in [5.74, 6) is -0.117. The van der Waals surface area contributed by atoms with Crippen LogP contribution in [0.15, 0.2) is 30.3 Å². The smallest absolute Gasteiger partial charge is 0.240 e. The highest BCUT2D eigenvalue weighted by molar-refractivity contribution is 5.88. The van der Waals surface area contributed by atoms with E-state index < -0.39 is 5.41 Å². The summed E-state index contributed by atoms with van der Waals surface area (Å²) in [7, 11) is 0. The Labute approximate surface area is 108 Å². The number of carbonyl (C=O) groups excluding carboxylic acids is 1. The number of hydrogen-bond acceptors (Lipinski definition) is 2. The van der Waals surface area contributed by atoms with Crippen LogP contribution < -0.4 is 5.32 Å². The summed E-state index contributed by atoms with van der Waals surface area (Å²) in [5, 5.41) is 11.9. The number of benzene rings is 1. The summed E-state index contributed by atoms with van der Waals surface area (Å²) in [6.45, 7) is 4.74. The molecule has 94 valence electrons. The lowest BCUT2D eigenvalue weighted by atomic mass is 9.84. The molecule has 0 bridgehead atoms. The molecule has 0 atom stereocenters. The van der Waals surface area contributed by atoms with Crippen LogP contribution in [0.5, 0.6) is 0 Å². The van der Waals surface area contributed by atoms with Crippen molar-refractivity contribution < 1.29 is 4.79 Å². The first-order valence-electron chi connectivity index (χ1n) is 6.25. The molecule has 2 rings (SSSR count). The molecule has 1 aliphatic carbocycles. The molecule has 1 aromatic carbocycles. The molecule has 1 amide bonds. The Hall–Kier alpha value is -1.82. The molecule has 0 heterocycles. The molecule has 1 fully saturated rings. The van der Waals surface area contributed by atoms with Gasteiger partial charge in [0.25, 0.3) is 0 Å². The minimum atomic E-state index is -0.729. The van der Waals surface area contributed by atoms with Crippen molar-refractivity contribution in [2.24, 2.45) is 5.41 Å². The average molecular weight is 242 g/mol. The molecule has 3 nitrogen and oxygen atoms in total. The van der Waals surface area contributed by atoms with Gasteiger partial charge in [-0.15, -0.1) is 0 Å². The van der Waals surface area contributed by atoms with Crippen LogP contribution in [-0.4, -0.2) is 12.5 Å². The molecule has 18 heavy (non-hydrogen) atoms. The molecule has 3 heteroatoms. The van der Waals surface area contributed by atoms with E-state index in [0.29, 0.717) is 19.4 Å². The topological polar surface area (TPSA) is 52.9 Å². The SMILES string of the molecule is CC(C)(CNC(=O)C1(C#N)CC1)c1ccccc1. The zero-order valence-electron chi connectivity index (χ0n) is 10.9. The van der Waals surface area contributed by atoms with E-state index in [1.807, 2.05) is 18.2 Å². The zero-order valence-corrected chi connectivity index (χ0v) is 10.9. The Morgan fingerprint density at radius 1 is 1.39 bits per heavy atom. The van der Waals surface area contributed by atoms with Crippen molar-refractivity contribution in [3.63, 3.8) is 0 Å². The van der Waals surface area contributed by atoms with Crippen LogP contribution in [0.3, 0.4) is 0 Å². The summed E-state index contributed by atoms with van der Waals surface area (Å²) >= 11 is 0. The fourth-order valence-electron chi connectivity index (χ4n) is 1.98. The third-order valence-electron chi connectivity index (χ3n) is 3.64. The number of hydrogen-bond donors (Lipinski definition) is 1. The highest BCUT2D eigenvalue weighted by Crippen LogP contribution is 2.45. The van der Waals surface area contributed by atoms with Gasteiger partial charge in [0.2, 0.25) is 5.91 Å². The summed E-state index contributed by atoms with van der Waals surface area (Å²) in [6, 6.07) is 12.2. The summed E-state index contributed by atoms with van der Waals surface area (Å²) < 4.78 is 0. The van der Waals surface area contributed by atoms with E-state index in [1.165, 1.54) is 5.56 Å². The van der Waals surface area contributed by atoms with Crippen LogP contribution >= 0.6 is 0 Å². The Bertz CT molecular complexity index is 481. The van der Waals surface area contributed by atoms with Crippen molar-refractivity contribution in [1.82, 2.24) is 5.32 Å². The molecule has 1 aromatic rings. The third kappa shape index (κ3) is 2.38. The van der Waals surface area contributed by atoms with Gasteiger partial charge in [-0.2, -0.15) is 5.26 Å². The molecule has 0 saturated heterocycles. The van der Waals surface area contributed by atoms with Crippen molar-refractivity contribution in [2.75, 3.05) is 6.54 Å². The number of amides is 1. The Kier molecular flexibility index (Phi) is 3.13. The van der Waals surface area contributed by atoms with Gasteiger partial charge in [-0.05, 0) is 18.4 Å². The van der Waals surface area contributed by atoms with Gasteiger partial charge in [0.15, 0.2) is 0 Å². The van der Waals surface area contributed by atoms with Crippen LogP contribution in [0, 0.1) is 16.7 Å². The maximum atomic E-state index is 11.9. The minimum absolute atomic E-state index is 0.117. The third-order valence-corrected chi connectivity index (χ3v) is 3.64. The number of nitriles is 1. The molecule has 0 aliphatic heterocycles. The van der Waals surface area contributed by atoms with Gasteiger partial charge in [0, 0.05) is 12.0 Å². The molecule has 1 N–H and O–H groups in total. The Morgan fingerprint density at radius 2 is 2.00 bits per heavy atom. The van der Waals surface area contributed by atoms with Crippen molar-refractivity contribution >= 4 is 5.91 Å². The molecule has 0 unspecified atom stereocenters. The molecule has 0 radical (unpaired) electrons. The highest BCUT2D eigenvalue weighted by Gasteiger charge is 2.50. The monoisotopic (exact) mass is 242 g/mol. The maximum Gasteiger partial charge on any atom is 0.240 e. The minimum Gasteiger partial charge on any atom is -0.354 e. The first-order chi connectivity index (χ1) is 8.50. The fourth-order valence-corrected chi connectivity index (χ4v) is 1.98. The zero-order chi connectivity index (χ0) is 13.2. The van der Waals surface area contributed by atoms with Gasteiger partial charge in [-0.3, -0.25) is 4.79 Å². The van der Waals surface area contributed by atoms with Crippen LogP contribution in [0.1, 0.15) is 32.3 Å². The van der Waals surface area contributed by atoms with E-state index >= 15 is 0 Å². The van der Waals surface area contributed by atoms with Crippen LogP contribution in [0.25, 0.3) is 0 Å². The summed E-state index contributed by atoms with van der Waals surface area (Å²) in [6.07, 6.45) is 1.39. The van der Waals surface area contributed by atoms with Gasteiger partial charge >= 0.3 is 0 Å². The number of nitrogens with one attached hydrogen (secondary N) is 1. The molecular formula is C15H18N2O. The molecule has 1 aliphatic rings. The normalized spacial score (nSPS) is 16.7. The van der Waals surface area contributed by atoms with Gasteiger partial charge in [-0.25, -0.2) is 0 Å². The van der Waals surface area contributed by atoms with Crippen LogP contribution in [0.4, 0.5) is 0 Å². The highest BCUT2D eigenvalue weighted by atomic mass is 16.2. The van der Waals surface area contributed by atoms with Crippen LogP contribution in [0.2, 0.25) is 0 Å². The van der Waals surface area contributed by atoms with E-state index in [9.17, 15) is 4.79 Å². The van der Waals surface area contributed by atoms with Crippen molar-refractivity contribution in [3.8, 4) is 6.07 Å². The van der Waals surface area contributed by atoms with E-state index in [0.717, 1.165) is 0 Å². The van der Waals surface area contributed by atoms with Crippen molar-refractivity contribution in [2.45, 2.75) is 32.1 Å². The first-order valence-corrected chi connectivity index (χ1v) is 6.25. The predicted octanol–water partition coefficient (Wildman–Crippen LogP) is 2.38. The number of carbonyl (C=O) groups is 1. The molecule has 0 aromatic heterocycles. The lowest BCUT2D eigenvalue weighted by Gasteiger charge is -2.26. The Morgan fingerprint density at radius 3 is 2.50 bits per heavy atom. The van der Waals surface area contributed by atoms with E-state index in [2.05, 4.69) is 37.4 Å². The van der Waals surface area contributed by atoms with Gasteiger partial charge in [0.05, 0.1) is 6.07 Å². The van der Waals surface area contributed by atoms with Gasteiger partial charge in [0.1, 0.15) is 5.41 Å². The molecule has 1 saturated carbocycles. The standard InChI is InChI=1S/C15H18N2O/c1-14(2,12-6-4-3-5-7-12)11-17-13(18)15(10-16)8-9-15/h3-7H,8-9,11H2,1-2H3,(H,17,18). The maximum absolute atomic E-state index is 11.9. The second-order valence-corrected chi connectivity index (χ2v) is 5.63. The number of rotatable bonds is 4. The van der Waals surface area contributed by atoms with E-state index in [-0.39, 0.29) is 11.3 Å². The average Bonchev–Trinajstić information content (AvgIpc) is 3.18. The largest absolute Gasteiger partial charge is 0.354 e. The lowest BCUT2D eigenvalue weighted by molar-refractivity contribution is -0.124. The second-order valence-electron chi connectivity index (χ2n) is 5.63.